The molecule has 0 aliphatic carbocycles. The molecular formula is C26H35N3O6S. The summed E-state index contributed by atoms with van der Waals surface area (Å²) in [6.07, 6.45) is 0.748. The van der Waals surface area contributed by atoms with Crippen molar-refractivity contribution in [1.29, 1.82) is 0 Å². The molecule has 1 heterocycles. The molecule has 2 atom stereocenters. The molecule has 0 radical (unpaired) electrons. The monoisotopic (exact) mass is 517 g/mol. The number of nitrogens with zero attached hydrogens (tertiary/aromatic N) is 2. The van der Waals surface area contributed by atoms with Crippen LogP contribution in [0.25, 0.3) is 0 Å². The normalized spacial score (nSPS) is 14.4. The van der Waals surface area contributed by atoms with E-state index in [9.17, 15) is 18.0 Å². The molecule has 36 heavy (non-hydrogen) atoms. The Balaban J connectivity index is 1.92. The average molecular weight is 518 g/mol. The van der Waals surface area contributed by atoms with Crippen molar-refractivity contribution in [2.75, 3.05) is 29.8 Å². The van der Waals surface area contributed by atoms with Crippen LogP contribution in [0.2, 0.25) is 0 Å². The minimum atomic E-state index is -3.82. The smallest absolute Gasteiger partial charge is 0.244 e. The van der Waals surface area contributed by atoms with E-state index in [4.69, 9.17) is 9.47 Å². The van der Waals surface area contributed by atoms with Crippen LogP contribution >= 0.6 is 0 Å². The highest BCUT2D eigenvalue weighted by atomic mass is 32.2. The Morgan fingerprint density at radius 1 is 1.00 bits per heavy atom. The molecule has 0 unspecified atom stereocenters. The summed E-state index contributed by atoms with van der Waals surface area (Å²) >= 11 is 0. The fourth-order valence-electron chi connectivity index (χ4n) is 3.74. The van der Waals surface area contributed by atoms with Gasteiger partial charge in [0, 0.05) is 18.7 Å². The Hall–Kier alpha value is -3.27. The second-order valence-electron chi connectivity index (χ2n) is 8.74. The van der Waals surface area contributed by atoms with Crippen molar-refractivity contribution in [1.82, 2.24) is 10.2 Å². The van der Waals surface area contributed by atoms with Gasteiger partial charge in [-0.05, 0) is 44.9 Å². The van der Waals surface area contributed by atoms with Gasteiger partial charge in [0.2, 0.25) is 21.8 Å². The van der Waals surface area contributed by atoms with Crippen LogP contribution in [-0.4, -0.2) is 62.7 Å². The number of benzene rings is 2. The maximum atomic E-state index is 13.7. The fourth-order valence-corrected chi connectivity index (χ4v) is 4.79. The second-order valence-corrected chi connectivity index (χ2v) is 10.9. The van der Waals surface area contributed by atoms with Crippen molar-refractivity contribution in [2.45, 2.75) is 52.7 Å². The van der Waals surface area contributed by atoms with E-state index in [0.29, 0.717) is 30.4 Å². The first-order valence-corrected chi connectivity index (χ1v) is 13.8. The van der Waals surface area contributed by atoms with Gasteiger partial charge in [0.1, 0.15) is 25.8 Å². The lowest BCUT2D eigenvalue weighted by Gasteiger charge is -2.32. The van der Waals surface area contributed by atoms with Gasteiger partial charge in [-0.3, -0.25) is 13.9 Å². The predicted octanol–water partition coefficient (Wildman–Crippen LogP) is 2.95. The molecule has 196 valence electrons. The molecule has 1 aliphatic heterocycles. The maximum Gasteiger partial charge on any atom is 0.244 e. The van der Waals surface area contributed by atoms with E-state index in [1.807, 2.05) is 44.2 Å². The molecule has 0 bridgehead atoms. The maximum absolute atomic E-state index is 13.7. The van der Waals surface area contributed by atoms with Gasteiger partial charge >= 0.3 is 0 Å². The van der Waals surface area contributed by atoms with E-state index in [-0.39, 0.29) is 24.2 Å². The van der Waals surface area contributed by atoms with E-state index in [1.54, 1.807) is 25.1 Å². The largest absolute Gasteiger partial charge is 0.486 e. The lowest BCUT2D eigenvalue weighted by molar-refractivity contribution is -0.139. The zero-order chi connectivity index (χ0) is 26.3. The first-order valence-electron chi connectivity index (χ1n) is 12.2. The van der Waals surface area contributed by atoms with E-state index in [2.05, 4.69) is 5.32 Å². The molecule has 0 saturated carbocycles. The summed E-state index contributed by atoms with van der Waals surface area (Å²) in [5, 5.41) is 2.92. The summed E-state index contributed by atoms with van der Waals surface area (Å²) in [7, 11) is -3.82. The van der Waals surface area contributed by atoms with Gasteiger partial charge in [0.15, 0.2) is 11.5 Å². The number of ether oxygens (including phenoxy) is 2. The molecule has 3 rings (SSSR count). The number of rotatable bonds is 11. The Kier molecular flexibility index (Phi) is 9.19. The van der Waals surface area contributed by atoms with E-state index in [0.717, 1.165) is 16.3 Å². The molecule has 0 fully saturated rings. The van der Waals surface area contributed by atoms with Gasteiger partial charge in [0.25, 0.3) is 0 Å². The fraction of sp³-hybridized carbons (Fsp3) is 0.462. The van der Waals surface area contributed by atoms with E-state index < -0.39 is 28.5 Å². The molecular weight excluding hydrogens is 482 g/mol. The van der Waals surface area contributed by atoms with E-state index >= 15 is 0 Å². The Labute approximate surface area is 213 Å². The summed E-state index contributed by atoms with van der Waals surface area (Å²) in [6.45, 7) is 7.50. The van der Waals surface area contributed by atoms with Crippen molar-refractivity contribution >= 4 is 27.5 Å². The van der Waals surface area contributed by atoms with Crippen molar-refractivity contribution in [2.24, 2.45) is 0 Å². The van der Waals surface area contributed by atoms with Gasteiger partial charge in [-0.25, -0.2) is 8.42 Å². The quantitative estimate of drug-likeness (QED) is 0.491. The molecule has 9 nitrogen and oxygen atoms in total. The highest BCUT2D eigenvalue weighted by molar-refractivity contribution is 7.92. The molecule has 2 aromatic carbocycles. The Morgan fingerprint density at radius 2 is 1.67 bits per heavy atom. The molecule has 1 N–H and O–H groups in total. The van der Waals surface area contributed by atoms with Crippen LogP contribution < -0.4 is 19.1 Å². The number of hydrogen-bond donors (Lipinski definition) is 1. The summed E-state index contributed by atoms with van der Waals surface area (Å²) in [4.78, 5) is 28.0. The van der Waals surface area contributed by atoms with Gasteiger partial charge in [-0.2, -0.15) is 0 Å². The lowest BCUT2D eigenvalue weighted by Crippen LogP contribution is -2.52. The lowest BCUT2D eigenvalue weighted by atomic mass is 10.1. The molecule has 0 spiro atoms. The molecule has 1 aliphatic rings. The number of anilines is 1. The minimum absolute atomic E-state index is 0.0525. The third kappa shape index (κ3) is 6.69. The first-order chi connectivity index (χ1) is 17.2. The summed E-state index contributed by atoms with van der Waals surface area (Å²) in [5.41, 5.74) is 1.13. The number of carbonyl (C=O) groups is 2. The van der Waals surface area contributed by atoms with Crippen LogP contribution in [0.4, 0.5) is 5.69 Å². The van der Waals surface area contributed by atoms with Gasteiger partial charge in [-0.1, -0.05) is 37.3 Å². The second kappa shape index (κ2) is 12.1. The first kappa shape index (κ1) is 27.3. The van der Waals surface area contributed by atoms with Crippen LogP contribution in [-0.2, 0) is 26.2 Å². The van der Waals surface area contributed by atoms with Crippen molar-refractivity contribution in [3.63, 3.8) is 0 Å². The number of amides is 2. The molecule has 2 amide bonds. The third-order valence-electron chi connectivity index (χ3n) is 6.16. The SMILES string of the molecule is CC[C@H](C)NC(=O)[C@H](C)N(Cc1ccccc1)C(=O)CN(c1ccc2c(c1)OCCO2)S(=O)(=O)CC. The Bertz CT molecular complexity index is 1160. The number of fused-ring (bicyclic) bond motifs is 1. The Morgan fingerprint density at radius 3 is 2.31 bits per heavy atom. The highest BCUT2D eigenvalue weighted by Crippen LogP contribution is 2.35. The summed E-state index contributed by atoms with van der Waals surface area (Å²) < 4.78 is 38.4. The third-order valence-corrected chi connectivity index (χ3v) is 7.90. The summed E-state index contributed by atoms with van der Waals surface area (Å²) in [6, 6.07) is 13.2. The summed E-state index contributed by atoms with van der Waals surface area (Å²) in [5.74, 6) is -0.0381. The standard InChI is InChI=1S/C26H35N3O6S/c1-5-19(3)27-26(31)20(4)28(17-21-10-8-7-9-11-21)25(30)18-29(36(32,33)6-2)22-12-13-23-24(16-22)35-15-14-34-23/h7-13,16,19-20H,5-6,14-15,17-18H2,1-4H3,(H,27,31)/t19-,20-/m0/s1. The zero-order valence-electron chi connectivity index (χ0n) is 21.3. The van der Waals surface area contributed by atoms with E-state index in [1.165, 1.54) is 11.8 Å². The molecule has 0 aromatic heterocycles. The van der Waals surface area contributed by atoms with Crippen molar-refractivity contribution in [3.8, 4) is 11.5 Å². The molecule has 0 saturated heterocycles. The predicted molar refractivity (Wildman–Crippen MR) is 139 cm³/mol. The molecule has 10 heteroatoms. The number of carbonyl (C=O) groups excluding carboxylic acids is 2. The van der Waals surface area contributed by atoms with Crippen LogP contribution in [0.5, 0.6) is 11.5 Å². The van der Waals surface area contributed by atoms with Gasteiger partial charge < -0.3 is 19.7 Å². The average Bonchev–Trinajstić information content (AvgIpc) is 2.89. The number of sulfonamides is 1. The van der Waals surface area contributed by atoms with Crippen LogP contribution in [0.15, 0.2) is 48.5 Å². The van der Waals surface area contributed by atoms with Crippen molar-refractivity contribution < 1.29 is 27.5 Å². The zero-order valence-corrected chi connectivity index (χ0v) is 22.1. The van der Waals surface area contributed by atoms with Crippen LogP contribution in [0, 0.1) is 0 Å². The van der Waals surface area contributed by atoms with Gasteiger partial charge in [0.05, 0.1) is 11.4 Å². The topological polar surface area (TPSA) is 105 Å². The van der Waals surface area contributed by atoms with Crippen molar-refractivity contribution in [3.05, 3.63) is 54.1 Å². The van der Waals surface area contributed by atoms with Crippen LogP contribution in [0.3, 0.4) is 0 Å². The van der Waals surface area contributed by atoms with Gasteiger partial charge in [-0.15, -0.1) is 0 Å². The number of nitrogens with one attached hydrogen (secondary N) is 1. The minimum Gasteiger partial charge on any atom is -0.486 e. The highest BCUT2D eigenvalue weighted by Gasteiger charge is 2.31. The van der Waals surface area contributed by atoms with Crippen LogP contribution in [0.1, 0.15) is 39.7 Å². The number of hydrogen-bond acceptors (Lipinski definition) is 6. The molecule has 2 aromatic rings.